The molecule has 6 heteroatoms. The van der Waals surface area contributed by atoms with Gasteiger partial charge in [-0.2, -0.15) is 0 Å². The Bertz CT molecular complexity index is 538. The highest BCUT2D eigenvalue weighted by molar-refractivity contribution is 5.28. The van der Waals surface area contributed by atoms with Gasteiger partial charge in [0.15, 0.2) is 5.82 Å². The van der Waals surface area contributed by atoms with E-state index in [-0.39, 0.29) is 0 Å². The van der Waals surface area contributed by atoms with Gasteiger partial charge in [0.05, 0.1) is 13.7 Å². The summed E-state index contributed by atoms with van der Waals surface area (Å²) in [5.74, 6) is 1.74. The number of rotatable bonds is 7. The number of tetrazole rings is 1. The fraction of sp³-hybridized carbons (Fsp3) is 0.500. The maximum Gasteiger partial charge on any atom is 0.165 e. The van der Waals surface area contributed by atoms with Gasteiger partial charge in [-0.1, -0.05) is 26.0 Å². The molecule has 2 rings (SSSR count). The molecule has 1 aromatic carbocycles. The van der Waals surface area contributed by atoms with Gasteiger partial charge in [-0.05, 0) is 34.5 Å². The second-order valence-electron chi connectivity index (χ2n) is 4.96. The highest BCUT2D eigenvalue weighted by atomic mass is 16.5. The van der Waals surface area contributed by atoms with Crippen LogP contribution in [0.5, 0.6) is 5.75 Å². The van der Waals surface area contributed by atoms with Crippen LogP contribution in [0, 0.1) is 0 Å². The van der Waals surface area contributed by atoms with Crippen LogP contribution in [-0.4, -0.2) is 33.4 Å². The van der Waals surface area contributed by atoms with E-state index >= 15 is 0 Å². The van der Waals surface area contributed by atoms with Crippen molar-refractivity contribution in [2.45, 2.75) is 39.4 Å². The standard InChI is InChI=1S/C14H21N5O/c1-11(2)15-10-14-16-17-18-19(14)8-7-12-5-4-6-13(9-12)20-3/h4-6,9,11,15H,7-8,10H2,1-3H3. The number of aryl methyl sites for hydroxylation is 2. The van der Waals surface area contributed by atoms with Crippen LogP contribution >= 0.6 is 0 Å². The molecular formula is C14H21N5O. The topological polar surface area (TPSA) is 64.9 Å². The fourth-order valence-electron chi connectivity index (χ4n) is 1.88. The van der Waals surface area contributed by atoms with Gasteiger partial charge < -0.3 is 10.1 Å². The summed E-state index contributed by atoms with van der Waals surface area (Å²) in [7, 11) is 1.68. The van der Waals surface area contributed by atoms with Crippen molar-refractivity contribution in [2.24, 2.45) is 0 Å². The Morgan fingerprint density at radius 1 is 1.35 bits per heavy atom. The fourth-order valence-corrected chi connectivity index (χ4v) is 1.88. The van der Waals surface area contributed by atoms with Gasteiger partial charge in [0, 0.05) is 12.6 Å². The Kier molecular flexibility index (Phi) is 5.06. The maximum absolute atomic E-state index is 5.22. The lowest BCUT2D eigenvalue weighted by Gasteiger charge is -2.09. The van der Waals surface area contributed by atoms with Crippen molar-refractivity contribution in [1.82, 2.24) is 25.5 Å². The van der Waals surface area contributed by atoms with E-state index in [0.717, 1.165) is 24.5 Å². The largest absolute Gasteiger partial charge is 0.497 e. The van der Waals surface area contributed by atoms with Gasteiger partial charge in [-0.15, -0.1) is 5.10 Å². The number of methoxy groups -OCH3 is 1. The molecule has 1 N–H and O–H groups in total. The minimum Gasteiger partial charge on any atom is -0.497 e. The van der Waals surface area contributed by atoms with Gasteiger partial charge >= 0.3 is 0 Å². The first kappa shape index (κ1) is 14.5. The van der Waals surface area contributed by atoms with Gasteiger partial charge in [-0.25, -0.2) is 4.68 Å². The minimum absolute atomic E-state index is 0.415. The number of ether oxygens (including phenoxy) is 1. The summed E-state index contributed by atoms with van der Waals surface area (Å²) >= 11 is 0. The molecule has 0 bridgehead atoms. The van der Waals surface area contributed by atoms with Crippen molar-refractivity contribution in [2.75, 3.05) is 7.11 Å². The van der Waals surface area contributed by atoms with Crippen LogP contribution < -0.4 is 10.1 Å². The minimum atomic E-state index is 0.415. The van der Waals surface area contributed by atoms with Gasteiger partial charge in [0.2, 0.25) is 0 Å². The number of hydrogen-bond donors (Lipinski definition) is 1. The zero-order valence-electron chi connectivity index (χ0n) is 12.2. The number of nitrogens with zero attached hydrogens (tertiary/aromatic N) is 4. The van der Waals surface area contributed by atoms with Crippen molar-refractivity contribution >= 4 is 0 Å². The Morgan fingerprint density at radius 3 is 2.95 bits per heavy atom. The van der Waals surface area contributed by atoms with E-state index in [1.165, 1.54) is 5.56 Å². The van der Waals surface area contributed by atoms with Gasteiger partial charge in [0.1, 0.15) is 5.75 Å². The first-order valence-electron chi connectivity index (χ1n) is 6.80. The molecule has 2 aromatic rings. The van der Waals surface area contributed by atoms with E-state index in [0.29, 0.717) is 12.6 Å². The van der Waals surface area contributed by atoms with Crippen LogP contribution in [0.25, 0.3) is 0 Å². The van der Waals surface area contributed by atoms with Crippen LogP contribution in [0.1, 0.15) is 25.2 Å². The first-order chi connectivity index (χ1) is 9.69. The van der Waals surface area contributed by atoms with Crippen molar-refractivity contribution in [3.8, 4) is 5.75 Å². The SMILES string of the molecule is COc1cccc(CCn2nnnc2CNC(C)C)c1. The van der Waals surface area contributed by atoms with Crippen molar-refractivity contribution in [3.63, 3.8) is 0 Å². The lowest BCUT2D eigenvalue weighted by atomic mass is 10.1. The van der Waals surface area contributed by atoms with E-state index in [2.05, 4.69) is 40.8 Å². The molecule has 0 saturated heterocycles. The van der Waals surface area contributed by atoms with Crippen molar-refractivity contribution in [3.05, 3.63) is 35.7 Å². The normalized spacial score (nSPS) is 11.0. The van der Waals surface area contributed by atoms with E-state index in [9.17, 15) is 0 Å². The summed E-state index contributed by atoms with van der Waals surface area (Å²) in [5, 5.41) is 15.2. The van der Waals surface area contributed by atoms with Crippen LogP contribution in [0.3, 0.4) is 0 Å². The molecule has 0 fully saturated rings. The molecule has 0 radical (unpaired) electrons. The van der Waals surface area contributed by atoms with E-state index in [4.69, 9.17) is 4.74 Å². The summed E-state index contributed by atoms with van der Waals surface area (Å²) in [5.41, 5.74) is 1.21. The number of hydrogen-bond acceptors (Lipinski definition) is 5. The number of aromatic nitrogens is 4. The molecule has 1 aromatic heterocycles. The zero-order chi connectivity index (χ0) is 14.4. The molecule has 20 heavy (non-hydrogen) atoms. The molecule has 0 aliphatic rings. The van der Waals surface area contributed by atoms with Crippen LogP contribution in [0.2, 0.25) is 0 Å². The number of benzene rings is 1. The Hall–Kier alpha value is -1.95. The van der Waals surface area contributed by atoms with Crippen molar-refractivity contribution in [1.29, 1.82) is 0 Å². The zero-order valence-corrected chi connectivity index (χ0v) is 12.2. The molecule has 1 heterocycles. The van der Waals surface area contributed by atoms with Gasteiger partial charge in [-0.3, -0.25) is 0 Å². The summed E-state index contributed by atoms with van der Waals surface area (Å²) in [6.45, 7) is 5.65. The molecule has 0 atom stereocenters. The molecule has 0 saturated carbocycles. The van der Waals surface area contributed by atoms with Crippen molar-refractivity contribution < 1.29 is 4.74 Å². The summed E-state index contributed by atoms with van der Waals surface area (Å²) in [4.78, 5) is 0. The third-order valence-corrected chi connectivity index (χ3v) is 3.02. The predicted octanol–water partition coefficient (Wildman–Crippen LogP) is 1.42. The van der Waals surface area contributed by atoms with Crippen LogP contribution in [-0.2, 0) is 19.5 Å². The lowest BCUT2D eigenvalue weighted by Crippen LogP contribution is -2.24. The maximum atomic E-state index is 5.22. The highest BCUT2D eigenvalue weighted by Crippen LogP contribution is 2.13. The molecule has 108 valence electrons. The molecule has 0 unspecified atom stereocenters. The second-order valence-corrected chi connectivity index (χ2v) is 4.96. The van der Waals surface area contributed by atoms with Crippen LogP contribution in [0.15, 0.2) is 24.3 Å². The average molecular weight is 275 g/mol. The molecular weight excluding hydrogens is 254 g/mol. The predicted molar refractivity (Wildman–Crippen MR) is 76.5 cm³/mol. The quantitative estimate of drug-likeness (QED) is 0.828. The molecule has 0 aliphatic heterocycles. The second kappa shape index (κ2) is 7.00. The third kappa shape index (κ3) is 4.03. The molecule has 0 aliphatic carbocycles. The summed E-state index contributed by atoms with van der Waals surface area (Å²) < 4.78 is 7.07. The first-order valence-corrected chi connectivity index (χ1v) is 6.80. The lowest BCUT2D eigenvalue weighted by molar-refractivity contribution is 0.414. The summed E-state index contributed by atoms with van der Waals surface area (Å²) in [6, 6.07) is 8.47. The van der Waals surface area contributed by atoms with Gasteiger partial charge in [0.25, 0.3) is 0 Å². The third-order valence-electron chi connectivity index (χ3n) is 3.02. The molecule has 6 nitrogen and oxygen atoms in total. The van der Waals surface area contributed by atoms with Crippen LogP contribution in [0.4, 0.5) is 0 Å². The smallest absolute Gasteiger partial charge is 0.165 e. The molecule has 0 amide bonds. The molecule has 0 spiro atoms. The van der Waals surface area contributed by atoms with E-state index in [1.807, 2.05) is 22.9 Å². The Morgan fingerprint density at radius 2 is 2.20 bits per heavy atom. The monoisotopic (exact) mass is 275 g/mol. The highest BCUT2D eigenvalue weighted by Gasteiger charge is 2.06. The Labute approximate surface area is 119 Å². The average Bonchev–Trinajstić information content (AvgIpc) is 2.90. The van der Waals surface area contributed by atoms with E-state index < -0.39 is 0 Å². The summed E-state index contributed by atoms with van der Waals surface area (Å²) in [6.07, 6.45) is 0.872. The number of nitrogens with one attached hydrogen (secondary N) is 1. The van der Waals surface area contributed by atoms with E-state index in [1.54, 1.807) is 7.11 Å². The Balaban J connectivity index is 1.95.